The maximum absolute atomic E-state index is 5.11. The molecule has 0 N–H and O–H groups in total. The number of nitrogens with zero attached hydrogens (tertiary/aromatic N) is 3. The fourth-order valence-corrected chi connectivity index (χ4v) is 5.70. The third-order valence-corrected chi connectivity index (χ3v) is 6.30. The van der Waals surface area contributed by atoms with Gasteiger partial charge in [-0.05, 0) is 42.2 Å². The highest BCUT2D eigenvalue weighted by molar-refractivity contribution is 5.91. The Morgan fingerprint density at radius 3 is 2.44 bits per heavy atom. The van der Waals surface area contributed by atoms with E-state index < -0.39 is 0 Å². The number of hydrogen-bond donors (Lipinski definition) is 0. The Morgan fingerprint density at radius 1 is 0.889 bits per heavy atom. The van der Waals surface area contributed by atoms with Gasteiger partial charge < -0.3 is 4.90 Å². The van der Waals surface area contributed by atoms with Crippen molar-refractivity contribution in [2.75, 3.05) is 11.4 Å². The lowest BCUT2D eigenvalue weighted by Gasteiger charge is -2.39. The molecule has 2 heterocycles. The second-order valence-electron chi connectivity index (χ2n) is 9.60. The summed E-state index contributed by atoms with van der Waals surface area (Å²) in [5, 5.41) is 1.17. The Labute approximate surface area is 161 Å². The van der Waals surface area contributed by atoms with Crippen LogP contribution in [0.3, 0.4) is 0 Å². The van der Waals surface area contributed by atoms with Crippen LogP contribution in [0.4, 0.5) is 5.82 Å². The number of anilines is 1. The molecule has 2 bridgehead atoms. The van der Waals surface area contributed by atoms with Gasteiger partial charge in [0.25, 0.3) is 0 Å². The van der Waals surface area contributed by atoms with Gasteiger partial charge in [0.1, 0.15) is 5.82 Å². The molecule has 2 atom stereocenters. The summed E-state index contributed by atoms with van der Waals surface area (Å²) in [5.74, 6) is 1.95. The Balaban J connectivity index is 1.67. The summed E-state index contributed by atoms with van der Waals surface area (Å²) in [5.41, 5.74) is 2.90. The third kappa shape index (κ3) is 2.90. The lowest BCUT2D eigenvalue weighted by molar-refractivity contribution is 0.136. The molecule has 0 spiro atoms. The maximum atomic E-state index is 5.11. The van der Waals surface area contributed by atoms with Crippen molar-refractivity contribution >= 4 is 16.7 Å². The fraction of sp³-hybridized carbons (Fsp3) is 0.417. The van der Waals surface area contributed by atoms with E-state index in [2.05, 4.69) is 74.2 Å². The normalized spacial score (nSPS) is 26.5. The summed E-state index contributed by atoms with van der Waals surface area (Å²) in [4.78, 5) is 12.6. The summed E-state index contributed by atoms with van der Waals surface area (Å²) < 4.78 is 0. The minimum Gasteiger partial charge on any atom is -0.352 e. The first-order valence-corrected chi connectivity index (χ1v) is 10.0. The Bertz CT molecular complexity index is 995. The zero-order valence-electron chi connectivity index (χ0n) is 16.4. The number of para-hydroxylation sites is 1. The molecule has 1 aliphatic carbocycles. The highest BCUT2D eigenvalue weighted by Gasteiger charge is 2.50. The zero-order chi connectivity index (χ0) is 18.6. The van der Waals surface area contributed by atoms with E-state index in [4.69, 9.17) is 9.97 Å². The first-order valence-electron chi connectivity index (χ1n) is 10.0. The van der Waals surface area contributed by atoms with Gasteiger partial charge in [0.15, 0.2) is 5.82 Å². The molecule has 1 aliphatic heterocycles. The molecule has 5 rings (SSSR count). The lowest BCUT2D eigenvalue weighted by Crippen LogP contribution is -2.35. The van der Waals surface area contributed by atoms with Gasteiger partial charge in [-0.25, -0.2) is 9.97 Å². The minimum atomic E-state index is 0.380. The van der Waals surface area contributed by atoms with Crippen LogP contribution in [-0.2, 0) is 0 Å². The molecule has 2 aromatic carbocycles. The SMILES string of the molecule is CC1(C)C[C@H]2C[C@@](C)(CN2c2nc(-c3ccccc3)nc3ccccc23)C1. The number of hydrogen-bond acceptors (Lipinski definition) is 3. The molecular formula is C24H27N3. The molecule has 3 aromatic rings. The maximum Gasteiger partial charge on any atom is 0.162 e. The second-order valence-corrected chi connectivity index (χ2v) is 9.60. The molecule has 3 nitrogen and oxygen atoms in total. The quantitative estimate of drug-likeness (QED) is 0.589. The van der Waals surface area contributed by atoms with E-state index in [1.54, 1.807) is 0 Å². The average Bonchev–Trinajstić information content (AvgIpc) is 2.90. The number of rotatable bonds is 2. The number of fused-ring (bicyclic) bond motifs is 3. The lowest BCUT2D eigenvalue weighted by atomic mass is 9.65. The van der Waals surface area contributed by atoms with Crippen LogP contribution in [0.5, 0.6) is 0 Å². The molecule has 0 unspecified atom stereocenters. The van der Waals surface area contributed by atoms with Crippen LogP contribution in [0.15, 0.2) is 54.6 Å². The van der Waals surface area contributed by atoms with Crippen LogP contribution in [0, 0.1) is 10.8 Å². The van der Waals surface area contributed by atoms with Crippen LogP contribution in [0.25, 0.3) is 22.3 Å². The Morgan fingerprint density at radius 2 is 1.63 bits per heavy atom. The van der Waals surface area contributed by atoms with Gasteiger partial charge in [-0.2, -0.15) is 0 Å². The largest absolute Gasteiger partial charge is 0.352 e. The summed E-state index contributed by atoms with van der Waals surface area (Å²) in [6.07, 6.45) is 3.80. The van der Waals surface area contributed by atoms with E-state index in [9.17, 15) is 0 Å². The van der Waals surface area contributed by atoms with Crippen LogP contribution < -0.4 is 4.90 Å². The Hall–Kier alpha value is -2.42. The van der Waals surface area contributed by atoms with Crippen molar-refractivity contribution in [1.29, 1.82) is 0 Å². The standard InChI is InChI=1S/C24H27N3/c1-23(2)13-18-14-24(3,15-23)16-27(18)22-19-11-7-8-12-20(19)25-21(26-22)17-9-5-4-6-10-17/h4-12,18H,13-16H2,1-3H3/t18-,24+/m0/s1. The van der Waals surface area contributed by atoms with Gasteiger partial charge in [-0.1, -0.05) is 63.2 Å². The minimum absolute atomic E-state index is 0.380. The monoisotopic (exact) mass is 357 g/mol. The van der Waals surface area contributed by atoms with Gasteiger partial charge in [0.05, 0.1) is 5.52 Å². The van der Waals surface area contributed by atoms with Crippen molar-refractivity contribution in [3.63, 3.8) is 0 Å². The Kier molecular flexibility index (Phi) is 3.59. The van der Waals surface area contributed by atoms with Crippen molar-refractivity contribution in [2.24, 2.45) is 10.8 Å². The first-order chi connectivity index (χ1) is 12.9. The molecule has 27 heavy (non-hydrogen) atoms. The van der Waals surface area contributed by atoms with Crippen molar-refractivity contribution in [2.45, 2.75) is 46.1 Å². The molecular weight excluding hydrogens is 330 g/mol. The van der Waals surface area contributed by atoms with Crippen molar-refractivity contribution < 1.29 is 0 Å². The van der Waals surface area contributed by atoms with E-state index in [0.29, 0.717) is 16.9 Å². The van der Waals surface area contributed by atoms with E-state index in [1.165, 1.54) is 24.6 Å². The molecule has 0 radical (unpaired) electrons. The van der Waals surface area contributed by atoms with Crippen LogP contribution in [0.2, 0.25) is 0 Å². The summed E-state index contributed by atoms with van der Waals surface area (Å²) in [6, 6.07) is 19.4. The molecule has 0 amide bonds. The highest BCUT2D eigenvalue weighted by Crippen LogP contribution is 2.53. The third-order valence-electron chi connectivity index (χ3n) is 6.30. The molecule has 2 aliphatic rings. The van der Waals surface area contributed by atoms with Gasteiger partial charge in [-0.15, -0.1) is 0 Å². The van der Waals surface area contributed by atoms with Gasteiger partial charge in [0.2, 0.25) is 0 Å². The van der Waals surface area contributed by atoms with E-state index in [1.807, 2.05) is 6.07 Å². The van der Waals surface area contributed by atoms with Gasteiger partial charge in [0, 0.05) is 23.5 Å². The average molecular weight is 358 g/mol. The van der Waals surface area contributed by atoms with Gasteiger partial charge in [-0.3, -0.25) is 0 Å². The van der Waals surface area contributed by atoms with Gasteiger partial charge >= 0.3 is 0 Å². The van der Waals surface area contributed by atoms with E-state index in [0.717, 1.165) is 29.3 Å². The number of aromatic nitrogens is 2. The first kappa shape index (κ1) is 16.7. The summed E-state index contributed by atoms with van der Waals surface area (Å²) >= 11 is 0. The topological polar surface area (TPSA) is 29.0 Å². The molecule has 1 saturated carbocycles. The van der Waals surface area contributed by atoms with Crippen molar-refractivity contribution in [3.8, 4) is 11.4 Å². The van der Waals surface area contributed by atoms with Crippen LogP contribution in [0.1, 0.15) is 40.0 Å². The molecule has 1 aromatic heterocycles. The smallest absolute Gasteiger partial charge is 0.162 e. The van der Waals surface area contributed by atoms with Crippen LogP contribution >= 0.6 is 0 Å². The van der Waals surface area contributed by atoms with Crippen molar-refractivity contribution in [3.05, 3.63) is 54.6 Å². The summed E-state index contributed by atoms with van der Waals surface area (Å²) in [7, 11) is 0. The molecule has 1 saturated heterocycles. The predicted molar refractivity (Wildman–Crippen MR) is 112 cm³/mol. The highest BCUT2D eigenvalue weighted by atomic mass is 15.3. The molecule has 138 valence electrons. The molecule has 2 fully saturated rings. The van der Waals surface area contributed by atoms with E-state index >= 15 is 0 Å². The summed E-state index contributed by atoms with van der Waals surface area (Å²) in [6.45, 7) is 8.40. The molecule has 3 heteroatoms. The van der Waals surface area contributed by atoms with Crippen LogP contribution in [-0.4, -0.2) is 22.6 Å². The number of benzene rings is 2. The van der Waals surface area contributed by atoms with E-state index in [-0.39, 0.29) is 0 Å². The predicted octanol–water partition coefficient (Wildman–Crippen LogP) is 5.70. The zero-order valence-corrected chi connectivity index (χ0v) is 16.4. The van der Waals surface area contributed by atoms with Crippen molar-refractivity contribution in [1.82, 2.24) is 9.97 Å². The second kappa shape index (κ2) is 5.79. The fourth-order valence-electron chi connectivity index (χ4n) is 5.70.